The van der Waals surface area contributed by atoms with Crippen molar-refractivity contribution >= 4 is 20.4 Å². The minimum absolute atomic E-state index is 1.38. The molecule has 3 nitrogen and oxygen atoms in total. The molecule has 0 aromatic carbocycles. The molecule has 0 saturated carbocycles. The van der Waals surface area contributed by atoms with E-state index in [1.165, 1.54) is 5.41 Å². The lowest BCUT2D eigenvalue weighted by atomic mass is 11.3. The van der Waals surface area contributed by atoms with E-state index >= 15 is 0 Å². The molecule has 0 unspecified atom stereocenters. The van der Waals surface area contributed by atoms with E-state index in [0.717, 1.165) is 0 Å². The van der Waals surface area contributed by atoms with Crippen molar-refractivity contribution < 1.29 is 16.4 Å². The van der Waals surface area contributed by atoms with E-state index in [9.17, 15) is 12.8 Å². The lowest BCUT2D eigenvalue weighted by Crippen LogP contribution is -2.09. The smallest absolute Gasteiger partial charge is 0.231 e. The molecule has 6 heteroatoms. The summed E-state index contributed by atoms with van der Waals surface area (Å²) < 4.78 is 37.3. The molecule has 0 aliphatic carbocycles. The summed E-state index contributed by atoms with van der Waals surface area (Å²) in [7, 11) is -5.84. The average molecular weight is 202 g/mol. The first-order valence-corrected chi connectivity index (χ1v) is 6.70. The third kappa shape index (κ3) is 4.39. The number of rotatable bonds is 4. The molecule has 11 heavy (non-hydrogen) atoms. The fraction of sp³-hybridized carbons (Fsp3) is 0.600. The lowest BCUT2D eigenvalue weighted by molar-refractivity contribution is 0.471. The number of alkyl halides is 1. The maximum atomic E-state index is 11.7. The van der Waals surface area contributed by atoms with Crippen LogP contribution in [0.3, 0.4) is 0 Å². The Kier molecular flexibility index (Phi) is 3.53. The lowest BCUT2D eigenvalue weighted by Gasteiger charge is -2.23. The third-order valence-corrected chi connectivity index (χ3v) is 4.12. The van der Waals surface area contributed by atoms with Gasteiger partial charge in [0, 0.05) is 0 Å². The highest BCUT2D eigenvalue weighted by atomic mass is 32.3. The second kappa shape index (κ2) is 3.55. The summed E-state index contributed by atoms with van der Waals surface area (Å²) in [5.41, 5.74) is 0. The van der Waals surface area contributed by atoms with Crippen molar-refractivity contribution in [2.75, 3.05) is 18.5 Å². The van der Waals surface area contributed by atoms with Crippen molar-refractivity contribution in [1.29, 1.82) is 0 Å². The number of hydrogen-bond acceptors (Lipinski definition) is 3. The van der Waals surface area contributed by atoms with Crippen LogP contribution >= 0.6 is 10.3 Å². The molecular formula is C5H11FO3S2. The van der Waals surface area contributed by atoms with Gasteiger partial charge < -0.3 is 0 Å². The summed E-state index contributed by atoms with van der Waals surface area (Å²) in [6.07, 6.45) is 3.13. The van der Waals surface area contributed by atoms with Gasteiger partial charge in [0.25, 0.3) is 0 Å². The van der Waals surface area contributed by atoms with E-state index in [0.29, 0.717) is 0 Å². The second-order valence-corrected chi connectivity index (χ2v) is 7.04. The van der Waals surface area contributed by atoms with Crippen molar-refractivity contribution in [2.24, 2.45) is 0 Å². The van der Waals surface area contributed by atoms with Gasteiger partial charge in [0.1, 0.15) is 0 Å². The Hall–Kier alpha value is -0.0700. The van der Waals surface area contributed by atoms with Crippen LogP contribution in [0.25, 0.3) is 0 Å². The van der Waals surface area contributed by atoms with E-state index in [2.05, 4.69) is 10.2 Å². The molecule has 0 atom stereocenters. The van der Waals surface area contributed by atoms with Crippen LogP contribution in [-0.4, -0.2) is 26.9 Å². The van der Waals surface area contributed by atoms with Crippen LogP contribution in [0.2, 0.25) is 0 Å². The normalized spacial score (nSPS) is 14.5. The summed E-state index contributed by atoms with van der Waals surface area (Å²) >= 11 is 0. The van der Waals surface area contributed by atoms with Crippen LogP contribution in [0.1, 0.15) is 0 Å². The molecule has 0 amide bonds. The Morgan fingerprint density at radius 1 is 1.55 bits per heavy atom. The Labute approximate surface area is 67.9 Å². The molecule has 0 bridgehead atoms. The molecule has 0 fully saturated rings. The van der Waals surface area contributed by atoms with Gasteiger partial charge in [-0.15, -0.1) is 10.3 Å². The molecule has 0 aromatic heterocycles. The molecule has 0 aromatic rings. The topological polar surface area (TPSA) is 43.4 Å². The monoisotopic (exact) mass is 202 g/mol. The fourth-order valence-electron chi connectivity index (χ4n) is 0.313. The molecule has 0 radical (unpaired) electrons. The van der Waals surface area contributed by atoms with Crippen molar-refractivity contribution in [3.05, 3.63) is 12.0 Å². The van der Waals surface area contributed by atoms with Gasteiger partial charge >= 0.3 is 10.1 Å². The summed E-state index contributed by atoms with van der Waals surface area (Å²) in [5.74, 6) is 0. The molecular weight excluding hydrogens is 191 g/mol. The maximum Gasteiger partial charge on any atom is 0.306 e. The van der Waals surface area contributed by atoms with Gasteiger partial charge in [-0.2, -0.15) is 8.42 Å². The Bertz CT molecular complexity index is 232. The predicted molar refractivity (Wildman–Crippen MR) is 45.6 cm³/mol. The molecule has 0 aliphatic rings. The highest BCUT2D eigenvalue weighted by Gasteiger charge is 2.19. The first-order valence-electron chi connectivity index (χ1n) is 2.68. The molecule has 0 N–H and O–H groups in total. The standard InChI is InChI=1S/C5H11FO3S2/c1-4-10(2,3)9-11(7,8)5-6/h4H,1,5H2,2-3H3. The number of halogens is 1. The van der Waals surface area contributed by atoms with Crippen LogP contribution in [0, 0.1) is 0 Å². The highest BCUT2D eigenvalue weighted by Crippen LogP contribution is 2.43. The van der Waals surface area contributed by atoms with Gasteiger partial charge in [-0.05, 0) is 17.9 Å². The van der Waals surface area contributed by atoms with E-state index in [4.69, 9.17) is 0 Å². The van der Waals surface area contributed by atoms with E-state index < -0.39 is 26.4 Å². The summed E-state index contributed by atoms with van der Waals surface area (Å²) in [5, 5.41) is 1.38. The first-order chi connectivity index (χ1) is 4.83. The van der Waals surface area contributed by atoms with E-state index in [1.807, 2.05) is 0 Å². The average Bonchev–Trinajstić information content (AvgIpc) is 1.86. The van der Waals surface area contributed by atoms with Crippen molar-refractivity contribution in [2.45, 2.75) is 0 Å². The van der Waals surface area contributed by atoms with Crippen LogP contribution in [-0.2, 0) is 13.7 Å². The summed E-state index contributed by atoms with van der Waals surface area (Å²) in [6, 6.07) is -1.49. The van der Waals surface area contributed by atoms with Crippen molar-refractivity contribution in [3.8, 4) is 0 Å². The first kappa shape index (κ1) is 10.9. The zero-order valence-corrected chi connectivity index (χ0v) is 8.04. The van der Waals surface area contributed by atoms with E-state index in [1.54, 1.807) is 12.5 Å². The fourth-order valence-corrected chi connectivity index (χ4v) is 2.82. The maximum absolute atomic E-state index is 11.7. The minimum Gasteiger partial charge on any atom is -0.231 e. The van der Waals surface area contributed by atoms with Gasteiger partial charge in [0.2, 0.25) is 6.01 Å². The molecule has 0 saturated heterocycles. The largest absolute Gasteiger partial charge is 0.306 e. The van der Waals surface area contributed by atoms with Crippen molar-refractivity contribution in [1.82, 2.24) is 0 Å². The van der Waals surface area contributed by atoms with Crippen LogP contribution in [0.4, 0.5) is 4.39 Å². The van der Waals surface area contributed by atoms with Gasteiger partial charge in [-0.3, -0.25) is 0 Å². The van der Waals surface area contributed by atoms with Crippen molar-refractivity contribution in [3.63, 3.8) is 0 Å². The zero-order chi connectivity index (χ0) is 9.12. The molecule has 68 valence electrons. The van der Waals surface area contributed by atoms with Crippen LogP contribution < -0.4 is 0 Å². The highest BCUT2D eigenvalue weighted by molar-refractivity contribution is 8.34. The van der Waals surface area contributed by atoms with Gasteiger partial charge in [-0.1, -0.05) is 6.58 Å². The van der Waals surface area contributed by atoms with Crippen LogP contribution in [0.15, 0.2) is 12.0 Å². The molecule has 0 rings (SSSR count). The van der Waals surface area contributed by atoms with Gasteiger partial charge in [-0.25, -0.2) is 8.02 Å². The van der Waals surface area contributed by atoms with Crippen LogP contribution in [0.5, 0.6) is 0 Å². The Morgan fingerprint density at radius 3 is 2.27 bits per heavy atom. The Balaban J connectivity index is 4.38. The summed E-state index contributed by atoms with van der Waals surface area (Å²) in [4.78, 5) is 0. The van der Waals surface area contributed by atoms with Gasteiger partial charge in [0.15, 0.2) is 0 Å². The SMILES string of the molecule is C=CS(C)(C)OS(=O)(=O)CF. The molecule has 0 heterocycles. The minimum atomic E-state index is -3.99. The van der Waals surface area contributed by atoms with Gasteiger partial charge in [0.05, 0.1) is 0 Å². The Morgan fingerprint density at radius 2 is 2.00 bits per heavy atom. The second-order valence-electron chi connectivity index (χ2n) is 2.21. The predicted octanol–water partition coefficient (Wildman–Crippen LogP) is 1.38. The molecule has 0 spiro atoms. The van der Waals surface area contributed by atoms with E-state index in [-0.39, 0.29) is 0 Å². The third-order valence-electron chi connectivity index (χ3n) is 0.814. The number of hydrogen-bond donors (Lipinski definition) is 0. The molecule has 0 aliphatic heterocycles. The summed E-state index contributed by atoms with van der Waals surface area (Å²) in [6.45, 7) is 3.38. The zero-order valence-electron chi connectivity index (χ0n) is 6.41. The quantitative estimate of drug-likeness (QED) is 0.691.